The van der Waals surface area contributed by atoms with Crippen LogP contribution in [-0.4, -0.2) is 62.5 Å². The van der Waals surface area contributed by atoms with Gasteiger partial charge >= 0.3 is 11.7 Å². The Morgan fingerprint density at radius 1 is 1.17 bits per heavy atom. The van der Waals surface area contributed by atoms with Crippen LogP contribution in [0.1, 0.15) is 6.92 Å². The maximum atomic E-state index is 13.5. The summed E-state index contributed by atoms with van der Waals surface area (Å²) >= 11 is 5.89. The molecule has 1 fully saturated rings. The summed E-state index contributed by atoms with van der Waals surface area (Å²) in [5.74, 6) is 5.56. The number of imidazole rings is 1. The molecule has 0 spiro atoms. The number of carboxylic acids is 1. The lowest BCUT2D eigenvalue weighted by molar-refractivity contribution is -0.137. The average Bonchev–Trinajstić information content (AvgIpc) is 3.23. The molecule has 1 aromatic carbocycles. The number of piperazine rings is 1. The summed E-state index contributed by atoms with van der Waals surface area (Å²) in [6.07, 6.45) is 0. The summed E-state index contributed by atoms with van der Waals surface area (Å²) < 4.78 is 9.32. The lowest BCUT2D eigenvalue weighted by Crippen LogP contribution is -2.44. The van der Waals surface area contributed by atoms with Gasteiger partial charge in [0.2, 0.25) is 5.95 Å². The van der Waals surface area contributed by atoms with E-state index in [9.17, 15) is 19.5 Å². The van der Waals surface area contributed by atoms with E-state index in [1.165, 1.54) is 0 Å². The third-order valence-corrected chi connectivity index (χ3v) is 5.85. The molecule has 1 aliphatic rings. The molecule has 0 unspecified atom stereocenters. The molecule has 0 amide bonds. The molecule has 12 heteroatoms. The largest absolute Gasteiger partial charge is 0.492 e. The number of aliphatic carboxylic acids is 1. The Morgan fingerprint density at radius 3 is 2.54 bits per heavy atom. The van der Waals surface area contributed by atoms with Gasteiger partial charge < -0.3 is 20.1 Å². The minimum atomic E-state index is -1.22. The molecule has 0 radical (unpaired) electrons. The molecule has 2 aromatic heterocycles. The van der Waals surface area contributed by atoms with E-state index in [0.717, 1.165) is 22.2 Å². The lowest BCUT2D eigenvalue weighted by atomic mass is 10.3. The molecule has 3 heterocycles. The highest BCUT2D eigenvalue weighted by molar-refractivity contribution is 6.30. The van der Waals surface area contributed by atoms with Crippen molar-refractivity contribution >= 4 is 34.7 Å². The van der Waals surface area contributed by atoms with Gasteiger partial charge in [-0.25, -0.2) is 4.79 Å². The average molecular weight is 501 g/mol. The highest BCUT2D eigenvalue weighted by Crippen LogP contribution is 2.20. The van der Waals surface area contributed by atoms with Crippen molar-refractivity contribution < 1.29 is 14.6 Å². The molecular weight excluding hydrogens is 476 g/mol. The molecule has 1 saturated heterocycles. The number of halogens is 1. The molecule has 35 heavy (non-hydrogen) atoms. The summed E-state index contributed by atoms with van der Waals surface area (Å²) in [6.45, 7) is 3.93. The van der Waals surface area contributed by atoms with Crippen molar-refractivity contribution in [1.82, 2.24) is 24.0 Å². The Morgan fingerprint density at radius 2 is 1.89 bits per heavy atom. The number of nitrogens with one attached hydrogen (secondary N) is 1. The smallest absolute Gasteiger partial charge is 0.333 e. The van der Waals surface area contributed by atoms with E-state index in [0.29, 0.717) is 29.8 Å². The van der Waals surface area contributed by atoms with Gasteiger partial charge in [-0.2, -0.15) is 4.98 Å². The van der Waals surface area contributed by atoms with Crippen molar-refractivity contribution in [2.75, 3.05) is 37.7 Å². The van der Waals surface area contributed by atoms with Crippen molar-refractivity contribution in [3.63, 3.8) is 0 Å². The predicted molar refractivity (Wildman–Crippen MR) is 131 cm³/mol. The van der Waals surface area contributed by atoms with Crippen LogP contribution in [0.4, 0.5) is 5.95 Å². The highest BCUT2D eigenvalue weighted by atomic mass is 35.5. The summed E-state index contributed by atoms with van der Waals surface area (Å²) in [4.78, 5) is 44.9. The van der Waals surface area contributed by atoms with E-state index < -0.39 is 23.8 Å². The fourth-order valence-electron chi connectivity index (χ4n) is 3.95. The number of nitrogens with zero attached hydrogens (tertiary/aromatic N) is 5. The van der Waals surface area contributed by atoms with E-state index in [-0.39, 0.29) is 30.9 Å². The number of anilines is 1. The van der Waals surface area contributed by atoms with Crippen molar-refractivity contribution in [3.05, 3.63) is 50.1 Å². The van der Waals surface area contributed by atoms with Crippen molar-refractivity contribution in [2.45, 2.75) is 26.6 Å². The van der Waals surface area contributed by atoms with Gasteiger partial charge in [-0.05, 0) is 31.2 Å². The zero-order valence-electron chi connectivity index (χ0n) is 19.2. The molecular formula is C23H25ClN6O5. The maximum Gasteiger partial charge on any atom is 0.333 e. The third kappa shape index (κ3) is 5.18. The van der Waals surface area contributed by atoms with Gasteiger partial charge in [0.25, 0.3) is 5.56 Å². The van der Waals surface area contributed by atoms with Gasteiger partial charge in [0.15, 0.2) is 11.2 Å². The van der Waals surface area contributed by atoms with E-state index in [2.05, 4.69) is 22.1 Å². The Balaban J connectivity index is 1.82. The number of carbonyl (C=O) groups is 1. The monoisotopic (exact) mass is 500 g/mol. The second kappa shape index (κ2) is 10.7. The molecule has 0 bridgehead atoms. The van der Waals surface area contributed by atoms with Crippen LogP contribution in [0, 0.1) is 11.8 Å². The van der Waals surface area contributed by atoms with Crippen LogP contribution in [0.25, 0.3) is 11.2 Å². The molecule has 11 nitrogen and oxygen atoms in total. The number of ether oxygens (including phenoxy) is 1. The van der Waals surface area contributed by atoms with Gasteiger partial charge in [-0.3, -0.25) is 23.3 Å². The Kier molecular flexibility index (Phi) is 7.43. The summed E-state index contributed by atoms with van der Waals surface area (Å²) in [5.41, 5.74) is -1.17. The first-order valence-corrected chi connectivity index (χ1v) is 11.5. The number of hydrogen-bond acceptors (Lipinski definition) is 7. The second-order valence-electron chi connectivity index (χ2n) is 7.86. The number of hydrogen-bond donors (Lipinski definition) is 2. The SMILES string of the molecule is CC#CCn1c(N2CCNCC2)nc2c1c(=O)n(CCOc1ccc(Cl)cc1)c(=O)n2CC(=O)O. The van der Waals surface area contributed by atoms with E-state index in [4.69, 9.17) is 16.3 Å². The van der Waals surface area contributed by atoms with Crippen LogP contribution in [-0.2, 0) is 24.4 Å². The number of rotatable bonds is 8. The molecule has 0 atom stereocenters. The topological polar surface area (TPSA) is 124 Å². The Hall–Kier alpha value is -3.75. The first kappa shape index (κ1) is 24.4. The van der Waals surface area contributed by atoms with E-state index in [1.807, 2.05) is 4.90 Å². The number of benzene rings is 1. The first-order valence-electron chi connectivity index (χ1n) is 11.1. The van der Waals surface area contributed by atoms with Crippen LogP contribution >= 0.6 is 11.6 Å². The van der Waals surface area contributed by atoms with Crippen LogP contribution < -0.4 is 26.2 Å². The molecule has 0 saturated carbocycles. The van der Waals surface area contributed by atoms with Gasteiger partial charge in [-0.1, -0.05) is 17.5 Å². The van der Waals surface area contributed by atoms with Crippen molar-refractivity contribution in [1.29, 1.82) is 0 Å². The van der Waals surface area contributed by atoms with Crippen molar-refractivity contribution in [2.24, 2.45) is 0 Å². The van der Waals surface area contributed by atoms with Crippen LogP contribution in [0.15, 0.2) is 33.9 Å². The zero-order valence-corrected chi connectivity index (χ0v) is 19.9. The van der Waals surface area contributed by atoms with E-state index in [1.54, 1.807) is 35.8 Å². The van der Waals surface area contributed by atoms with Gasteiger partial charge in [0.1, 0.15) is 18.9 Å². The van der Waals surface area contributed by atoms with Gasteiger partial charge in [0.05, 0.1) is 13.1 Å². The fourth-order valence-corrected chi connectivity index (χ4v) is 4.08. The Labute approximate surface area is 205 Å². The fraction of sp³-hybridized carbons (Fsp3) is 0.391. The quantitative estimate of drug-likeness (QED) is 0.431. The number of fused-ring (bicyclic) bond motifs is 1. The molecule has 2 N–H and O–H groups in total. The minimum Gasteiger partial charge on any atom is -0.492 e. The minimum absolute atomic E-state index is 0.0168. The van der Waals surface area contributed by atoms with Gasteiger partial charge in [0, 0.05) is 31.2 Å². The maximum absolute atomic E-state index is 13.5. The molecule has 184 valence electrons. The van der Waals surface area contributed by atoms with E-state index >= 15 is 0 Å². The number of carboxylic acid groups (broad SMARTS) is 1. The van der Waals surface area contributed by atoms with Gasteiger partial charge in [-0.15, -0.1) is 5.92 Å². The molecule has 3 aromatic rings. The predicted octanol–water partition coefficient (Wildman–Crippen LogP) is 0.610. The Bertz CT molecular complexity index is 1410. The third-order valence-electron chi connectivity index (χ3n) is 5.60. The standard InChI is InChI=1S/C23H25ClN6O5/c1-2-3-10-28-19-20(26-22(28)27-11-8-25-9-12-27)30(15-18(31)32)23(34)29(21(19)33)13-14-35-17-6-4-16(24)5-7-17/h4-7,25H,8-15H2,1H3,(H,31,32). The summed E-state index contributed by atoms with van der Waals surface area (Å²) in [6, 6.07) is 6.68. The highest BCUT2D eigenvalue weighted by Gasteiger charge is 2.25. The molecule has 1 aliphatic heterocycles. The number of aromatic nitrogens is 4. The molecule has 4 rings (SSSR count). The lowest BCUT2D eigenvalue weighted by Gasteiger charge is -2.28. The van der Waals surface area contributed by atoms with Crippen LogP contribution in [0.3, 0.4) is 0 Å². The second-order valence-corrected chi connectivity index (χ2v) is 8.29. The van der Waals surface area contributed by atoms with Crippen LogP contribution in [0.5, 0.6) is 5.75 Å². The van der Waals surface area contributed by atoms with Crippen LogP contribution in [0.2, 0.25) is 5.02 Å². The molecule has 0 aliphatic carbocycles. The van der Waals surface area contributed by atoms with Crippen molar-refractivity contribution in [3.8, 4) is 17.6 Å². The summed E-state index contributed by atoms with van der Waals surface area (Å²) in [7, 11) is 0. The zero-order chi connectivity index (χ0) is 24.9. The summed E-state index contributed by atoms with van der Waals surface area (Å²) in [5, 5.41) is 13.3. The first-order chi connectivity index (χ1) is 16.9. The normalized spacial score (nSPS) is 13.5.